The van der Waals surface area contributed by atoms with Crippen LogP contribution in [-0.4, -0.2) is 27.5 Å². The Morgan fingerprint density at radius 1 is 1.48 bits per heavy atom. The van der Waals surface area contributed by atoms with Gasteiger partial charge in [0.1, 0.15) is 10.6 Å². The average molecular weight is 312 g/mol. The lowest BCUT2D eigenvalue weighted by molar-refractivity contribution is -0.297. The number of hydrogen-bond donors (Lipinski definition) is 1. The molecule has 0 aliphatic heterocycles. The molecule has 21 heavy (non-hydrogen) atoms. The maximum absolute atomic E-state index is 12.3. The molecule has 0 unspecified atom stereocenters. The molecule has 0 radical (unpaired) electrons. The van der Waals surface area contributed by atoms with Crippen molar-refractivity contribution in [2.75, 3.05) is 7.11 Å². The number of carbonyl (C=O) groups is 1. The Balaban J connectivity index is 3.25. The fourth-order valence-electron chi connectivity index (χ4n) is 1.58. The van der Waals surface area contributed by atoms with Gasteiger partial charge in [-0.3, -0.25) is 0 Å². The Hall–Kier alpha value is -1.86. The highest BCUT2D eigenvalue weighted by Crippen LogP contribution is 2.25. The number of benzene rings is 1. The fourth-order valence-corrected chi connectivity index (χ4v) is 3.11. The Morgan fingerprint density at radius 3 is 2.67 bits per heavy atom. The number of sulfonamides is 1. The molecule has 0 aliphatic rings. The average Bonchev–Trinajstić information content (AvgIpc) is 2.44. The number of hydrogen-bond acceptors (Lipinski definition) is 5. The van der Waals surface area contributed by atoms with Crippen LogP contribution in [0, 0.1) is 0 Å². The number of methoxy groups -OCH3 is 1. The van der Waals surface area contributed by atoms with E-state index in [9.17, 15) is 18.3 Å². The maximum Gasteiger partial charge on any atom is 0.244 e. The van der Waals surface area contributed by atoms with Crippen molar-refractivity contribution < 1.29 is 23.1 Å². The second-order valence-electron chi connectivity index (χ2n) is 4.49. The number of nitrogens with one attached hydrogen (secondary N) is 1. The van der Waals surface area contributed by atoms with Crippen molar-refractivity contribution in [1.29, 1.82) is 0 Å². The van der Waals surface area contributed by atoms with Crippen LogP contribution in [0.4, 0.5) is 0 Å². The summed E-state index contributed by atoms with van der Waals surface area (Å²) in [4.78, 5) is 10.4. The molecule has 0 heterocycles. The topological polar surface area (TPSA) is 95.5 Å². The monoisotopic (exact) mass is 312 g/mol. The van der Waals surface area contributed by atoms with Gasteiger partial charge >= 0.3 is 0 Å². The summed E-state index contributed by atoms with van der Waals surface area (Å²) >= 11 is 0. The van der Waals surface area contributed by atoms with Gasteiger partial charge in [0.05, 0.1) is 13.1 Å². The summed E-state index contributed by atoms with van der Waals surface area (Å²) in [7, 11) is -2.38. The van der Waals surface area contributed by atoms with Crippen LogP contribution >= 0.6 is 0 Å². The molecule has 116 valence electrons. The van der Waals surface area contributed by atoms with Gasteiger partial charge in [0.25, 0.3) is 0 Å². The molecule has 0 aromatic heterocycles. The number of carbonyl (C=O) groups excluding carboxylic acids is 1. The smallest absolute Gasteiger partial charge is 0.244 e. The lowest BCUT2D eigenvalue weighted by atomic mass is 10.2. The van der Waals surface area contributed by atoms with Crippen molar-refractivity contribution in [3.8, 4) is 5.75 Å². The van der Waals surface area contributed by atoms with E-state index >= 15 is 0 Å². The molecule has 0 amide bonds. The Bertz CT molecular complexity index is 637. The molecule has 0 aliphatic carbocycles. The predicted octanol–water partition coefficient (Wildman–Crippen LogP) is 0.535. The van der Waals surface area contributed by atoms with E-state index in [0.29, 0.717) is 12.0 Å². The van der Waals surface area contributed by atoms with Crippen molar-refractivity contribution in [2.24, 2.45) is 0 Å². The first kappa shape index (κ1) is 17.2. The number of carboxylic acid groups (broad SMARTS) is 1. The van der Waals surface area contributed by atoms with Crippen LogP contribution in [-0.2, 0) is 14.8 Å². The maximum atomic E-state index is 12.3. The van der Waals surface area contributed by atoms with Gasteiger partial charge in [-0.15, -0.1) is 0 Å². The van der Waals surface area contributed by atoms with Crippen LogP contribution < -0.4 is 14.6 Å². The van der Waals surface area contributed by atoms with Crippen LogP contribution in [0.3, 0.4) is 0 Å². The second-order valence-corrected chi connectivity index (χ2v) is 6.18. The quantitative estimate of drug-likeness (QED) is 0.741. The summed E-state index contributed by atoms with van der Waals surface area (Å²) in [5, 5.41) is 10.4. The van der Waals surface area contributed by atoms with Gasteiger partial charge < -0.3 is 14.6 Å². The standard InChI is InChI=1S/C14H19NO5S/c1-4-10(2)15-21(18,19)13-9-11(6-8-14(16)17)5-7-12(13)20-3/h5-10,15H,4H2,1-3H3,(H,16,17)/p-1/b8-6+/t10-/m0/s1. The molecule has 0 bridgehead atoms. The third-order valence-electron chi connectivity index (χ3n) is 2.86. The first-order chi connectivity index (χ1) is 9.80. The highest BCUT2D eigenvalue weighted by atomic mass is 32.2. The molecule has 0 saturated heterocycles. The summed E-state index contributed by atoms with van der Waals surface area (Å²) in [6.07, 6.45) is 2.74. The highest BCUT2D eigenvalue weighted by Gasteiger charge is 2.21. The number of carboxylic acids is 1. The third kappa shape index (κ3) is 4.87. The number of ether oxygens (including phenoxy) is 1. The van der Waals surface area contributed by atoms with Crippen molar-refractivity contribution in [2.45, 2.75) is 31.2 Å². The SMILES string of the molecule is CC[C@H](C)NS(=O)(=O)c1cc(/C=C/C(=O)[O-])ccc1OC. The molecule has 1 aromatic carbocycles. The minimum atomic E-state index is -3.75. The zero-order valence-corrected chi connectivity index (χ0v) is 12.9. The predicted molar refractivity (Wildman–Crippen MR) is 77.1 cm³/mol. The largest absolute Gasteiger partial charge is 0.545 e. The zero-order chi connectivity index (χ0) is 16.0. The van der Waals surface area contributed by atoms with Crippen molar-refractivity contribution in [3.63, 3.8) is 0 Å². The fraction of sp³-hybridized carbons (Fsp3) is 0.357. The van der Waals surface area contributed by atoms with Crippen LogP contribution in [0.15, 0.2) is 29.2 Å². The van der Waals surface area contributed by atoms with Crippen LogP contribution in [0.1, 0.15) is 25.8 Å². The van der Waals surface area contributed by atoms with Gasteiger partial charge in [0.2, 0.25) is 10.0 Å². The van der Waals surface area contributed by atoms with Gasteiger partial charge in [0, 0.05) is 6.04 Å². The van der Waals surface area contributed by atoms with Gasteiger partial charge in [-0.2, -0.15) is 0 Å². The van der Waals surface area contributed by atoms with Crippen molar-refractivity contribution in [1.82, 2.24) is 4.72 Å². The van der Waals surface area contributed by atoms with Crippen LogP contribution in [0.25, 0.3) is 6.08 Å². The summed E-state index contributed by atoms with van der Waals surface area (Å²) in [5.41, 5.74) is 0.421. The molecule has 6 nitrogen and oxygen atoms in total. The summed E-state index contributed by atoms with van der Waals surface area (Å²) in [6.45, 7) is 3.62. The molecule has 0 saturated carbocycles. The first-order valence-corrected chi connectivity index (χ1v) is 7.88. The van der Waals surface area contributed by atoms with Crippen LogP contribution in [0.5, 0.6) is 5.75 Å². The van der Waals surface area contributed by atoms with Gasteiger partial charge in [-0.1, -0.05) is 19.1 Å². The minimum absolute atomic E-state index is 0.0363. The normalized spacial score (nSPS) is 13.3. The molecular formula is C14H18NO5S-. The highest BCUT2D eigenvalue weighted by molar-refractivity contribution is 7.89. The number of aliphatic carboxylic acids is 1. The first-order valence-electron chi connectivity index (χ1n) is 6.39. The molecular weight excluding hydrogens is 294 g/mol. The Kier molecular flexibility index (Phi) is 5.92. The molecule has 7 heteroatoms. The van der Waals surface area contributed by atoms with Crippen molar-refractivity contribution in [3.05, 3.63) is 29.8 Å². The number of rotatable bonds is 7. The molecule has 1 aromatic rings. The third-order valence-corrected chi connectivity index (χ3v) is 4.47. The van der Waals surface area contributed by atoms with E-state index < -0.39 is 16.0 Å². The van der Waals surface area contributed by atoms with E-state index in [1.807, 2.05) is 6.92 Å². The van der Waals surface area contributed by atoms with Gasteiger partial charge in [0.15, 0.2) is 0 Å². The lowest BCUT2D eigenvalue weighted by Gasteiger charge is -2.15. The Labute approximate surface area is 124 Å². The Morgan fingerprint density at radius 2 is 2.14 bits per heavy atom. The van der Waals surface area contributed by atoms with E-state index in [0.717, 1.165) is 6.08 Å². The zero-order valence-electron chi connectivity index (χ0n) is 12.1. The van der Waals surface area contributed by atoms with E-state index in [2.05, 4.69) is 4.72 Å². The molecule has 1 rings (SSSR count). The van der Waals surface area contributed by atoms with E-state index in [4.69, 9.17) is 4.74 Å². The summed E-state index contributed by atoms with van der Waals surface area (Å²) in [5.74, 6) is -1.16. The molecule has 0 fully saturated rings. The minimum Gasteiger partial charge on any atom is -0.545 e. The lowest BCUT2D eigenvalue weighted by Crippen LogP contribution is -2.32. The molecule has 1 N–H and O–H groups in total. The summed E-state index contributed by atoms with van der Waals surface area (Å²) < 4.78 is 32.2. The van der Waals surface area contributed by atoms with E-state index in [-0.39, 0.29) is 16.7 Å². The van der Waals surface area contributed by atoms with Gasteiger partial charge in [-0.25, -0.2) is 13.1 Å². The van der Waals surface area contributed by atoms with Gasteiger partial charge in [-0.05, 0) is 37.1 Å². The molecule has 1 atom stereocenters. The van der Waals surface area contributed by atoms with Crippen LogP contribution in [0.2, 0.25) is 0 Å². The van der Waals surface area contributed by atoms with Crippen molar-refractivity contribution >= 4 is 22.1 Å². The molecule has 0 spiro atoms. The van der Waals surface area contributed by atoms with E-state index in [1.54, 1.807) is 13.0 Å². The summed E-state index contributed by atoms with van der Waals surface area (Å²) in [6, 6.07) is 4.16. The van der Waals surface area contributed by atoms with E-state index in [1.165, 1.54) is 25.3 Å². The second kappa shape index (κ2) is 7.24.